The molecule has 10 heteroatoms. The van der Waals surface area contributed by atoms with Crippen molar-refractivity contribution in [3.8, 4) is 6.07 Å². The van der Waals surface area contributed by atoms with Gasteiger partial charge in [-0.3, -0.25) is 10.1 Å². The Hall–Kier alpha value is -2.28. The number of nitro benzene ring substituents is 1. The first-order chi connectivity index (χ1) is 9.71. The Balaban J connectivity index is 3.57. The number of thioether (sulfide) groups is 1. The van der Waals surface area contributed by atoms with E-state index in [4.69, 9.17) is 5.26 Å². The number of carbonyl (C=O) groups excluding carboxylic acids is 1. The Bertz CT molecular complexity index is 625. The summed E-state index contributed by atoms with van der Waals surface area (Å²) in [5, 5.41) is 19.9. The number of alkyl halides is 3. The standard InChI is InChI=1S/C11H7F3N2O4S/c1-2-20-10(17)8-6(5-15)3-4-7(9(8)16(18)19)21-11(12,13)14/h3-4H,2H2,1H3. The summed E-state index contributed by atoms with van der Waals surface area (Å²) in [6.07, 6.45) is 0. The molecule has 0 spiro atoms. The molecule has 0 saturated heterocycles. The van der Waals surface area contributed by atoms with Crippen molar-refractivity contribution in [2.45, 2.75) is 17.3 Å². The Morgan fingerprint density at radius 3 is 2.57 bits per heavy atom. The molecule has 0 aliphatic heterocycles. The summed E-state index contributed by atoms with van der Waals surface area (Å²) in [6.45, 7) is 1.28. The predicted octanol–water partition coefficient (Wildman–Crippen LogP) is 3.26. The summed E-state index contributed by atoms with van der Waals surface area (Å²) in [4.78, 5) is 20.8. The molecular formula is C11H7F3N2O4S. The van der Waals surface area contributed by atoms with Gasteiger partial charge >= 0.3 is 11.5 Å². The molecular weight excluding hydrogens is 313 g/mol. The van der Waals surface area contributed by atoms with Gasteiger partial charge in [-0.05, 0) is 30.8 Å². The van der Waals surface area contributed by atoms with E-state index in [1.165, 1.54) is 13.0 Å². The topological polar surface area (TPSA) is 93.2 Å². The Kier molecular flexibility index (Phi) is 5.15. The molecule has 0 radical (unpaired) electrons. The highest BCUT2D eigenvalue weighted by Crippen LogP contribution is 2.43. The van der Waals surface area contributed by atoms with Crippen molar-refractivity contribution in [2.24, 2.45) is 0 Å². The molecule has 0 fully saturated rings. The summed E-state index contributed by atoms with van der Waals surface area (Å²) in [7, 11) is 0. The van der Waals surface area contributed by atoms with Crippen LogP contribution in [0.2, 0.25) is 0 Å². The molecule has 1 rings (SSSR count). The number of nitrogens with zero attached hydrogens (tertiary/aromatic N) is 2. The van der Waals surface area contributed by atoms with Crippen molar-refractivity contribution in [1.29, 1.82) is 5.26 Å². The van der Waals surface area contributed by atoms with Crippen LogP contribution in [0.15, 0.2) is 17.0 Å². The second-order valence-electron chi connectivity index (χ2n) is 3.47. The fourth-order valence-corrected chi connectivity index (χ4v) is 2.12. The molecule has 0 unspecified atom stereocenters. The van der Waals surface area contributed by atoms with Gasteiger partial charge in [-0.15, -0.1) is 0 Å². The van der Waals surface area contributed by atoms with Crippen molar-refractivity contribution < 1.29 is 27.6 Å². The van der Waals surface area contributed by atoms with Gasteiger partial charge in [0.05, 0.1) is 22.0 Å². The largest absolute Gasteiger partial charge is 0.462 e. The summed E-state index contributed by atoms with van der Waals surface area (Å²) < 4.78 is 41.8. The van der Waals surface area contributed by atoms with E-state index in [0.717, 1.165) is 12.1 Å². The van der Waals surface area contributed by atoms with Gasteiger partial charge in [-0.2, -0.15) is 18.4 Å². The molecule has 0 saturated carbocycles. The molecule has 1 aromatic carbocycles. The average Bonchev–Trinajstić information content (AvgIpc) is 2.36. The van der Waals surface area contributed by atoms with Crippen LogP contribution in [0, 0.1) is 21.4 Å². The fraction of sp³-hybridized carbons (Fsp3) is 0.273. The molecule has 0 amide bonds. The third kappa shape index (κ3) is 4.09. The third-order valence-corrected chi connectivity index (χ3v) is 2.93. The minimum atomic E-state index is -4.77. The van der Waals surface area contributed by atoms with Crippen molar-refractivity contribution in [3.63, 3.8) is 0 Å². The number of ether oxygens (including phenoxy) is 1. The first-order valence-corrected chi connectivity index (χ1v) is 6.17. The Morgan fingerprint density at radius 2 is 2.14 bits per heavy atom. The second-order valence-corrected chi connectivity index (χ2v) is 4.58. The van der Waals surface area contributed by atoms with Crippen molar-refractivity contribution >= 4 is 23.4 Å². The predicted molar refractivity (Wildman–Crippen MR) is 65.7 cm³/mol. The zero-order chi connectivity index (χ0) is 16.2. The quantitative estimate of drug-likeness (QED) is 0.366. The minimum Gasteiger partial charge on any atom is -0.462 e. The maximum Gasteiger partial charge on any atom is 0.446 e. The number of rotatable bonds is 4. The van der Waals surface area contributed by atoms with Crippen LogP contribution in [0.4, 0.5) is 18.9 Å². The highest BCUT2D eigenvalue weighted by molar-refractivity contribution is 8.00. The lowest BCUT2D eigenvalue weighted by Gasteiger charge is -2.10. The number of hydrogen-bond acceptors (Lipinski definition) is 6. The first kappa shape index (κ1) is 16.8. The second kappa shape index (κ2) is 6.45. The van der Waals surface area contributed by atoms with Gasteiger partial charge in [0.25, 0.3) is 5.69 Å². The lowest BCUT2D eigenvalue weighted by molar-refractivity contribution is -0.388. The maximum atomic E-state index is 12.4. The lowest BCUT2D eigenvalue weighted by Crippen LogP contribution is -2.12. The highest BCUT2D eigenvalue weighted by atomic mass is 32.2. The number of nitro groups is 1. The van der Waals surface area contributed by atoms with Crippen LogP contribution in [0.3, 0.4) is 0 Å². The third-order valence-electron chi connectivity index (χ3n) is 2.15. The van der Waals surface area contributed by atoms with Gasteiger partial charge < -0.3 is 4.74 Å². The van der Waals surface area contributed by atoms with Crippen LogP contribution in [-0.4, -0.2) is 23.0 Å². The van der Waals surface area contributed by atoms with E-state index in [1.54, 1.807) is 0 Å². The van der Waals surface area contributed by atoms with E-state index in [0.29, 0.717) is 0 Å². The van der Waals surface area contributed by atoms with Crippen molar-refractivity contribution in [2.75, 3.05) is 6.61 Å². The van der Waals surface area contributed by atoms with Crippen LogP contribution in [0.25, 0.3) is 0 Å². The molecule has 0 aliphatic carbocycles. The Labute approximate surface area is 120 Å². The average molecular weight is 320 g/mol. The molecule has 0 N–H and O–H groups in total. The van der Waals surface area contributed by atoms with Gasteiger partial charge in [0.15, 0.2) is 5.56 Å². The molecule has 0 aliphatic rings. The normalized spacial score (nSPS) is 10.8. The van der Waals surface area contributed by atoms with E-state index in [1.807, 2.05) is 0 Å². The van der Waals surface area contributed by atoms with Crippen LogP contribution < -0.4 is 0 Å². The summed E-state index contributed by atoms with van der Waals surface area (Å²) >= 11 is -0.734. The summed E-state index contributed by atoms with van der Waals surface area (Å²) in [5.41, 5.74) is -7.06. The van der Waals surface area contributed by atoms with Gasteiger partial charge in [0.1, 0.15) is 6.07 Å². The monoisotopic (exact) mass is 320 g/mol. The minimum absolute atomic E-state index is 0.141. The molecule has 0 bridgehead atoms. The molecule has 0 atom stereocenters. The number of benzene rings is 1. The zero-order valence-corrected chi connectivity index (χ0v) is 11.2. The van der Waals surface area contributed by atoms with Gasteiger partial charge in [0, 0.05) is 0 Å². The molecule has 0 aromatic heterocycles. The number of nitriles is 1. The maximum absolute atomic E-state index is 12.4. The molecule has 21 heavy (non-hydrogen) atoms. The molecule has 112 valence electrons. The fourth-order valence-electron chi connectivity index (χ4n) is 1.46. The number of hydrogen-bond donors (Lipinski definition) is 0. The lowest BCUT2D eigenvalue weighted by atomic mass is 10.1. The van der Waals surface area contributed by atoms with Gasteiger partial charge in [-0.25, -0.2) is 4.79 Å². The number of carbonyl (C=O) groups is 1. The van der Waals surface area contributed by atoms with Crippen molar-refractivity contribution in [3.05, 3.63) is 33.4 Å². The van der Waals surface area contributed by atoms with Crippen LogP contribution in [0.5, 0.6) is 0 Å². The SMILES string of the molecule is CCOC(=O)c1c(C#N)ccc(SC(F)(F)F)c1[N+](=O)[O-]. The smallest absolute Gasteiger partial charge is 0.446 e. The van der Waals surface area contributed by atoms with Crippen LogP contribution in [-0.2, 0) is 4.74 Å². The van der Waals surface area contributed by atoms with E-state index < -0.39 is 49.9 Å². The summed E-state index contributed by atoms with van der Waals surface area (Å²) in [5.74, 6) is -1.22. The zero-order valence-electron chi connectivity index (χ0n) is 10.4. The van der Waals surface area contributed by atoms with E-state index >= 15 is 0 Å². The summed E-state index contributed by atoms with van der Waals surface area (Å²) in [6, 6.07) is 3.21. The first-order valence-electron chi connectivity index (χ1n) is 5.35. The molecule has 1 aromatic rings. The number of esters is 1. The van der Waals surface area contributed by atoms with Crippen LogP contribution in [0.1, 0.15) is 22.8 Å². The number of halogens is 3. The van der Waals surface area contributed by atoms with E-state index in [-0.39, 0.29) is 6.61 Å². The molecule has 6 nitrogen and oxygen atoms in total. The van der Waals surface area contributed by atoms with Crippen molar-refractivity contribution in [1.82, 2.24) is 0 Å². The van der Waals surface area contributed by atoms with Gasteiger partial charge in [0.2, 0.25) is 0 Å². The van der Waals surface area contributed by atoms with Gasteiger partial charge in [-0.1, -0.05) is 0 Å². The molecule has 0 heterocycles. The Morgan fingerprint density at radius 1 is 1.52 bits per heavy atom. The van der Waals surface area contributed by atoms with E-state index in [9.17, 15) is 28.1 Å². The van der Waals surface area contributed by atoms with Crippen LogP contribution >= 0.6 is 11.8 Å². The highest BCUT2D eigenvalue weighted by Gasteiger charge is 2.37. The van der Waals surface area contributed by atoms with E-state index in [2.05, 4.69) is 4.74 Å².